The van der Waals surface area contributed by atoms with E-state index in [9.17, 15) is 12.8 Å². The Balaban J connectivity index is 1.52. The summed E-state index contributed by atoms with van der Waals surface area (Å²) in [6.07, 6.45) is 0.0615. The van der Waals surface area contributed by atoms with Crippen molar-refractivity contribution in [3.8, 4) is 11.1 Å². The Hall–Kier alpha value is -4.50. The number of rotatable bonds is 7. The van der Waals surface area contributed by atoms with E-state index >= 15 is 4.39 Å². The summed E-state index contributed by atoms with van der Waals surface area (Å²) in [6.45, 7) is 1.73. The number of benzene rings is 4. The van der Waals surface area contributed by atoms with Crippen LogP contribution in [0.25, 0.3) is 16.9 Å². The van der Waals surface area contributed by atoms with Gasteiger partial charge < -0.3 is 15.7 Å². The van der Waals surface area contributed by atoms with Crippen LogP contribution in [0.2, 0.25) is 0 Å². The minimum Gasteiger partial charge on any atom is -0.485 e. The number of hydrogen-bond donors (Lipinski definition) is 2. The summed E-state index contributed by atoms with van der Waals surface area (Å²) < 4.78 is 62.7. The molecule has 4 aromatic carbocycles. The van der Waals surface area contributed by atoms with E-state index in [1.165, 1.54) is 18.2 Å². The van der Waals surface area contributed by atoms with E-state index in [0.717, 1.165) is 23.3 Å². The predicted octanol–water partition coefficient (Wildman–Crippen LogP) is 6.29. The van der Waals surface area contributed by atoms with Crippen molar-refractivity contribution in [2.75, 3.05) is 0 Å². The third-order valence-corrected chi connectivity index (χ3v) is 8.73. The standard InChI is InChI=1S/C31H26F2N2O4S/c1-31(18-24-12-11-23(17-27(24)33)20-5-3-2-4-6-20)19-28(40(37,38)26-15-13-25(32)14-16-26)29(39-31)21-7-9-22(10-8-21)30(34)35-36/h2-17,36H,18-19H2,1H3,(H2,34,35). The summed E-state index contributed by atoms with van der Waals surface area (Å²) >= 11 is 0. The monoisotopic (exact) mass is 560 g/mol. The molecule has 0 bridgehead atoms. The molecule has 0 aliphatic carbocycles. The second-order valence-electron chi connectivity index (χ2n) is 9.85. The zero-order valence-corrected chi connectivity index (χ0v) is 22.3. The molecule has 9 heteroatoms. The van der Waals surface area contributed by atoms with Gasteiger partial charge in [-0.2, -0.15) is 0 Å². The lowest BCUT2D eigenvalue weighted by atomic mass is 9.92. The van der Waals surface area contributed by atoms with Gasteiger partial charge >= 0.3 is 0 Å². The van der Waals surface area contributed by atoms with Gasteiger partial charge in [0.1, 0.15) is 23.0 Å². The van der Waals surface area contributed by atoms with Crippen LogP contribution >= 0.6 is 0 Å². The maximum atomic E-state index is 15.3. The fourth-order valence-corrected chi connectivity index (χ4v) is 6.48. The van der Waals surface area contributed by atoms with E-state index in [0.29, 0.717) is 16.7 Å². The van der Waals surface area contributed by atoms with Crippen molar-refractivity contribution >= 4 is 21.4 Å². The molecule has 204 valence electrons. The molecule has 0 saturated heterocycles. The van der Waals surface area contributed by atoms with E-state index in [1.807, 2.05) is 36.4 Å². The molecule has 4 aromatic rings. The number of nitrogens with two attached hydrogens (primary N) is 1. The summed E-state index contributed by atoms with van der Waals surface area (Å²) in [5, 5.41) is 11.9. The van der Waals surface area contributed by atoms with Crippen LogP contribution in [-0.2, 0) is 21.0 Å². The Kier molecular flexibility index (Phi) is 7.16. The van der Waals surface area contributed by atoms with Gasteiger partial charge in [0.05, 0.1) is 9.80 Å². The van der Waals surface area contributed by atoms with Crippen LogP contribution < -0.4 is 5.73 Å². The van der Waals surface area contributed by atoms with Crippen molar-refractivity contribution in [3.05, 3.63) is 130 Å². The molecule has 0 radical (unpaired) electrons. The number of oxime groups is 1. The molecule has 0 amide bonds. The van der Waals surface area contributed by atoms with Crippen molar-refractivity contribution in [3.63, 3.8) is 0 Å². The van der Waals surface area contributed by atoms with Crippen LogP contribution in [0.15, 0.2) is 112 Å². The molecule has 1 aliphatic heterocycles. The molecule has 0 saturated carbocycles. The molecule has 1 atom stereocenters. The van der Waals surface area contributed by atoms with E-state index in [4.69, 9.17) is 15.7 Å². The lowest BCUT2D eigenvalue weighted by molar-refractivity contribution is 0.0790. The van der Waals surface area contributed by atoms with Gasteiger partial charge in [-0.05, 0) is 53.9 Å². The Morgan fingerprint density at radius 3 is 2.20 bits per heavy atom. The highest BCUT2D eigenvalue weighted by atomic mass is 32.2. The summed E-state index contributed by atoms with van der Waals surface area (Å²) in [4.78, 5) is -0.0830. The van der Waals surface area contributed by atoms with Crippen molar-refractivity contribution in [1.29, 1.82) is 0 Å². The van der Waals surface area contributed by atoms with Crippen molar-refractivity contribution in [2.45, 2.75) is 30.3 Å². The number of nitrogens with zero attached hydrogens (tertiary/aromatic N) is 1. The predicted molar refractivity (Wildman–Crippen MR) is 149 cm³/mol. The average Bonchev–Trinajstić information content (AvgIpc) is 3.32. The van der Waals surface area contributed by atoms with Crippen molar-refractivity contribution in [1.82, 2.24) is 0 Å². The molecule has 0 spiro atoms. The molecule has 0 aromatic heterocycles. The van der Waals surface area contributed by atoms with Crippen LogP contribution in [0, 0.1) is 11.6 Å². The second-order valence-corrected chi connectivity index (χ2v) is 11.8. The highest BCUT2D eigenvalue weighted by molar-refractivity contribution is 7.95. The van der Waals surface area contributed by atoms with Gasteiger partial charge in [0.25, 0.3) is 0 Å². The smallest absolute Gasteiger partial charge is 0.206 e. The van der Waals surface area contributed by atoms with Gasteiger partial charge in [-0.25, -0.2) is 17.2 Å². The first-order valence-electron chi connectivity index (χ1n) is 12.4. The Bertz CT molecular complexity index is 1720. The fourth-order valence-electron chi connectivity index (χ4n) is 4.80. The SMILES string of the molecule is CC1(Cc2ccc(-c3ccccc3)cc2F)CC(S(=O)(=O)c2ccc(F)cc2)=C(c2ccc(/C(N)=N/O)cc2)O1. The maximum Gasteiger partial charge on any atom is 0.206 e. The van der Waals surface area contributed by atoms with Gasteiger partial charge in [-0.3, -0.25) is 0 Å². The first kappa shape index (κ1) is 27.1. The summed E-state index contributed by atoms with van der Waals surface area (Å²) in [5.74, 6) is -0.981. The van der Waals surface area contributed by atoms with E-state index < -0.39 is 27.1 Å². The third-order valence-electron chi connectivity index (χ3n) is 6.86. The van der Waals surface area contributed by atoms with Gasteiger partial charge in [0.15, 0.2) is 5.84 Å². The second kappa shape index (κ2) is 10.6. The summed E-state index contributed by atoms with van der Waals surface area (Å²) in [5.41, 5.74) is 7.42. The molecule has 0 fully saturated rings. The van der Waals surface area contributed by atoms with E-state index in [2.05, 4.69) is 5.16 Å². The van der Waals surface area contributed by atoms with Crippen LogP contribution in [0.1, 0.15) is 30.0 Å². The lowest BCUT2D eigenvalue weighted by Crippen LogP contribution is -2.28. The Labute approximate surface area is 231 Å². The van der Waals surface area contributed by atoms with Crippen LogP contribution in [0.3, 0.4) is 0 Å². The van der Waals surface area contributed by atoms with Gasteiger partial charge in [-0.1, -0.05) is 71.9 Å². The molecule has 1 heterocycles. The first-order chi connectivity index (χ1) is 19.1. The number of hydrogen-bond acceptors (Lipinski definition) is 5. The average molecular weight is 561 g/mol. The molecular formula is C31H26F2N2O4S. The third kappa shape index (κ3) is 5.33. The fraction of sp³-hybridized carbons (Fsp3) is 0.129. The first-order valence-corrected chi connectivity index (χ1v) is 13.9. The summed E-state index contributed by atoms with van der Waals surface area (Å²) in [7, 11) is -4.09. The number of sulfone groups is 1. The normalized spacial score (nSPS) is 17.6. The number of halogens is 2. The summed E-state index contributed by atoms with van der Waals surface area (Å²) in [6, 6.07) is 25.3. The molecule has 3 N–H and O–H groups in total. The van der Waals surface area contributed by atoms with Crippen LogP contribution in [-0.4, -0.2) is 25.1 Å². The zero-order chi connectivity index (χ0) is 28.5. The minimum absolute atomic E-state index is 0.000491. The molecule has 5 rings (SSSR count). The van der Waals surface area contributed by atoms with E-state index in [1.54, 1.807) is 37.3 Å². The Morgan fingerprint density at radius 1 is 0.925 bits per heavy atom. The van der Waals surface area contributed by atoms with Crippen molar-refractivity contribution in [2.24, 2.45) is 10.9 Å². The quantitative estimate of drug-likeness (QED) is 0.0909. The topological polar surface area (TPSA) is 102 Å². The molecule has 6 nitrogen and oxygen atoms in total. The highest BCUT2D eigenvalue weighted by Gasteiger charge is 2.43. The zero-order valence-electron chi connectivity index (χ0n) is 21.5. The lowest BCUT2D eigenvalue weighted by Gasteiger charge is -2.26. The highest BCUT2D eigenvalue weighted by Crippen LogP contribution is 2.45. The molecule has 1 unspecified atom stereocenters. The molecule has 40 heavy (non-hydrogen) atoms. The minimum atomic E-state index is -4.09. The van der Waals surface area contributed by atoms with E-state index in [-0.39, 0.29) is 34.2 Å². The molecule has 1 aliphatic rings. The maximum absolute atomic E-state index is 15.3. The largest absolute Gasteiger partial charge is 0.485 e. The van der Waals surface area contributed by atoms with Crippen LogP contribution in [0.4, 0.5) is 8.78 Å². The molecular weight excluding hydrogens is 534 g/mol. The number of amidine groups is 1. The van der Waals surface area contributed by atoms with Crippen LogP contribution in [0.5, 0.6) is 0 Å². The number of ether oxygens (including phenoxy) is 1. The van der Waals surface area contributed by atoms with Gasteiger partial charge in [0.2, 0.25) is 9.84 Å². The Morgan fingerprint density at radius 2 is 1.57 bits per heavy atom. The van der Waals surface area contributed by atoms with Gasteiger partial charge in [-0.15, -0.1) is 0 Å². The van der Waals surface area contributed by atoms with Crippen molar-refractivity contribution < 1.29 is 27.1 Å². The van der Waals surface area contributed by atoms with Gasteiger partial charge in [0, 0.05) is 24.0 Å².